The van der Waals surface area contributed by atoms with E-state index in [0.717, 1.165) is 11.3 Å². The highest BCUT2D eigenvalue weighted by Crippen LogP contribution is 2.20. The van der Waals surface area contributed by atoms with E-state index in [1.54, 1.807) is 23.7 Å². The van der Waals surface area contributed by atoms with Crippen LogP contribution in [-0.4, -0.2) is 16.6 Å². The van der Waals surface area contributed by atoms with E-state index in [9.17, 15) is 4.39 Å². The molecule has 16 heavy (non-hydrogen) atoms. The lowest BCUT2D eigenvalue weighted by atomic mass is 10.2. The van der Waals surface area contributed by atoms with Gasteiger partial charge in [0.2, 0.25) is 5.95 Å². The lowest BCUT2D eigenvalue weighted by Gasteiger charge is -2.08. The molecule has 84 valence electrons. The number of hydrogen-bond acceptors (Lipinski definition) is 2. The summed E-state index contributed by atoms with van der Waals surface area (Å²) in [5.74, 6) is 0.390. The number of aryl methyl sites for hydroxylation is 2. The molecule has 1 N–H and O–H groups in total. The Kier molecular flexibility index (Phi) is 2.64. The third-order valence-corrected chi connectivity index (χ3v) is 2.41. The molecule has 0 aliphatic heterocycles. The standard InChI is InChI=1S/C12H14FN3/c1-8-4-5-10(13)11(6-8)16-7-9(2)15-12(16)14-3/h4-7H,1-3H3,(H,14,15). The summed E-state index contributed by atoms with van der Waals surface area (Å²) in [4.78, 5) is 4.26. The van der Waals surface area contributed by atoms with Gasteiger partial charge >= 0.3 is 0 Å². The number of imidazole rings is 1. The van der Waals surface area contributed by atoms with Crippen molar-refractivity contribution in [2.24, 2.45) is 0 Å². The molecule has 4 heteroatoms. The van der Waals surface area contributed by atoms with E-state index in [2.05, 4.69) is 10.3 Å². The Bertz CT molecular complexity index is 517. The van der Waals surface area contributed by atoms with Crippen molar-refractivity contribution < 1.29 is 4.39 Å². The maximum absolute atomic E-state index is 13.7. The van der Waals surface area contributed by atoms with Gasteiger partial charge in [0.05, 0.1) is 11.4 Å². The van der Waals surface area contributed by atoms with E-state index < -0.39 is 0 Å². The van der Waals surface area contributed by atoms with Crippen molar-refractivity contribution in [3.05, 3.63) is 41.5 Å². The van der Waals surface area contributed by atoms with Gasteiger partial charge in [-0.3, -0.25) is 4.57 Å². The Morgan fingerprint density at radius 1 is 1.31 bits per heavy atom. The van der Waals surface area contributed by atoms with Gasteiger partial charge in [0.1, 0.15) is 5.82 Å². The Morgan fingerprint density at radius 2 is 2.06 bits per heavy atom. The smallest absolute Gasteiger partial charge is 0.207 e. The van der Waals surface area contributed by atoms with Crippen molar-refractivity contribution in [3.8, 4) is 5.69 Å². The minimum atomic E-state index is -0.250. The molecule has 0 spiro atoms. The Hall–Kier alpha value is -1.84. The van der Waals surface area contributed by atoms with Gasteiger partial charge in [0, 0.05) is 13.2 Å². The molecule has 0 bridgehead atoms. The molecule has 0 radical (unpaired) electrons. The van der Waals surface area contributed by atoms with E-state index in [1.807, 2.05) is 20.0 Å². The first-order chi connectivity index (χ1) is 7.61. The Balaban J connectivity index is 2.61. The second-order valence-electron chi connectivity index (χ2n) is 3.78. The average molecular weight is 219 g/mol. The van der Waals surface area contributed by atoms with E-state index in [1.165, 1.54) is 6.07 Å². The summed E-state index contributed by atoms with van der Waals surface area (Å²) in [6, 6.07) is 5.03. The van der Waals surface area contributed by atoms with Gasteiger partial charge in [-0.15, -0.1) is 0 Å². The number of benzene rings is 1. The van der Waals surface area contributed by atoms with Crippen LogP contribution in [0, 0.1) is 19.7 Å². The maximum atomic E-state index is 13.7. The zero-order valence-electron chi connectivity index (χ0n) is 9.58. The fourth-order valence-electron chi connectivity index (χ4n) is 1.67. The third-order valence-electron chi connectivity index (χ3n) is 2.41. The van der Waals surface area contributed by atoms with Crippen LogP contribution >= 0.6 is 0 Å². The molecule has 0 amide bonds. The fourth-order valence-corrected chi connectivity index (χ4v) is 1.67. The highest BCUT2D eigenvalue weighted by Gasteiger charge is 2.10. The molecule has 0 aliphatic carbocycles. The SMILES string of the molecule is CNc1nc(C)cn1-c1cc(C)ccc1F. The Morgan fingerprint density at radius 3 is 2.75 bits per heavy atom. The molecule has 2 rings (SSSR count). The lowest BCUT2D eigenvalue weighted by molar-refractivity contribution is 0.618. The van der Waals surface area contributed by atoms with Crippen LogP contribution in [0.3, 0.4) is 0 Å². The van der Waals surface area contributed by atoms with Crippen LogP contribution in [0.4, 0.5) is 10.3 Å². The van der Waals surface area contributed by atoms with Crippen LogP contribution in [0.15, 0.2) is 24.4 Å². The first kappa shape index (κ1) is 10.7. The molecular formula is C12H14FN3. The average Bonchev–Trinajstić information content (AvgIpc) is 2.63. The number of rotatable bonds is 2. The molecule has 0 unspecified atom stereocenters. The fraction of sp³-hybridized carbons (Fsp3) is 0.250. The largest absolute Gasteiger partial charge is 0.358 e. The lowest BCUT2D eigenvalue weighted by Crippen LogP contribution is -2.02. The van der Waals surface area contributed by atoms with E-state index in [4.69, 9.17) is 0 Å². The normalized spacial score (nSPS) is 10.5. The first-order valence-corrected chi connectivity index (χ1v) is 5.12. The minimum absolute atomic E-state index is 0.250. The summed E-state index contributed by atoms with van der Waals surface area (Å²) in [5.41, 5.74) is 2.39. The molecule has 0 aliphatic rings. The number of halogens is 1. The quantitative estimate of drug-likeness (QED) is 0.841. The van der Waals surface area contributed by atoms with E-state index >= 15 is 0 Å². The summed E-state index contributed by atoms with van der Waals surface area (Å²) in [7, 11) is 1.77. The minimum Gasteiger partial charge on any atom is -0.358 e. The van der Waals surface area contributed by atoms with Crippen LogP contribution in [0.2, 0.25) is 0 Å². The second kappa shape index (κ2) is 3.96. The van der Waals surface area contributed by atoms with Gasteiger partial charge in [-0.05, 0) is 31.5 Å². The van der Waals surface area contributed by atoms with Gasteiger partial charge in [-0.2, -0.15) is 0 Å². The number of hydrogen-bond donors (Lipinski definition) is 1. The number of nitrogens with zero attached hydrogens (tertiary/aromatic N) is 2. The van der Waals surface area contributed by atoms with E-state index in [-0.39, 0.29) is 5.82 Å². The van der Waals surface area contributed by atoms with Crippen molar-refractivity contribution in [1.82, 2.24) is 9.55 Å². The van der Waals surface area contributed by atoms with Crippen LogP contribution in [0.1, 0.15) is 11.3 Å². The van der Waals surface area contributed by atoms with Crippen LogP contribution < -0.4 is 5.32 Å². The van der Waals surface area contributed by atoms with Crippen LogP contribution in [0.25, 0.3) is 5.69 Å². The third kappa shape index (κ3) is 1.78. The first-order valence-electron chi connectivity index (χ1n) is 5.12. The zero-order chi connectivity index (χ0) is 11.7. The molecule has 3 nitrogen and oxygen atoms in total. The van der Waals surface area contributed by atoms with Gasteiger partial charge in [-0.25, -0.2) is 9.37 Å². The van der Waals surface area contributed by atoms with Gasteiger partial charge in [0.25, 0.3) is 0 Å². The molecular weight excluding hydrogens is 205 g/mol. The maximum Gasteiger partial charge on any atom is 0.207 e. The van der Waals surface area contributed by atoms with Crippen molar-refractivity contribution in [1.29, 1.82) is 0 Å². The predicted octanol–water partition coefficient (Wildman–Crippen LogP) is 2.67. The highest BCUT2D eigenvalue weighted by molar-refractivity contribution is 5.45. The van der Waals surface area contributed by atoms with Crippen LogP contribution in [0.5, 0.6) is 0 Å². The van der Waals surface area contributed by atoms with Crippen molar-refractivity contribution in [2.45, 2.75) is 13.8 Å². The van der Waals surface area contributed by atoms with Gasteiger partial charge < -0.3 is 5.32 Å². The molecule has 1 heterocycles. The highest BCUT2D eigenvalue weighted by atomic mass is 19.1. The van der Waals surface area contributed by atoms with Crippen molar-refractivity contribution in [2.75, 3.05) is 12.4 Å². The summed E-state index contributed by atoms with van der Waals surface area (Å²) in [6.07, 6.45) is 1.81. The molecule has 0 saturated heterocycles. The van der Waals surface area contributed by atoms with E-state index in [0.29, 0.717) is 11.6 Å². The summed E-state index contributed by atoms with van der Waals surface area (Å²) < 4.78 is 15.4. The molecule has 1 aromatic heterocycles. The van der Waals surface area contributed by atoms with Gasteiger partial charge in [0.15, 0.2) is 0 Å². The van der Waals surface area contributed by atoms with Gasteiger partial charge in [-0.1, -0.05) is 6.07 Å². The van der Waals surface area contributed by atoms with Crippen molar-refractivity contribution >= 4 is 5.95 Å². The monoisotopic (exact) mass is 219 g/mol. The molecule has 0 atom stereocenters. The topological polar surface area (TPSA) is 29.9 Å². The van der Waals surface area contributed by atoms with Crippen LogP contribution in [-0.2, 0) is 0 Å². The second-order valence-corrected chi connectivity index (χ2v) is 3.78. The summed E-state index contributed by atoms with van der Waals surface area (Å²) >= 11 is 0. The molecule has 0 fully saturated rings. The molecule has 0 saturated carbocycles. The molecule has 2 aromatic rings. The molecule has 1 aromatic carbocycles. The Labute approximate surface area is 93.9 Å². The van der Waals surface area contributed by atoms with Crippen molar-refractivity contribution in [3.63, 3.8) is 0 Å². The number of nitrogens with one attached hydrogen (secondary N) is 1. The summed E-state index contributed by atoms with van der Waals surface area (Å²) in [5, 5.41) is 2.95. The zero-order valence-corrected chi connectivity index (χ0v) is 9.58. The number of anilines is 1. The summed E-state index contributed by atoms with van der Waals surface area (Å²) in [6.45, 7) is 3.82. The number of aromatic nitrogens is 2. The predicted molar refractivity (Wildman–Crippen MR) is 62.5 cm³/mol.